The van der Waals surface area contributed by atoms with Crippen molar-refractivity contribution in [2.24, 2.45) is 5.92 Å². The fraction of sp³-hybridized carbons (Fsp3) is 0.611. The van der Waals surface area contributed by atoms with Crippen LogP contribution in [0.25, 0.3) is 0 Å². The number of benzene rings is 1. The van der Waals surface area contributed by atoms with Gasteiger partial charge in [-0.1, -0.05) is 13.0 Å². The summed E-state index contributed by atoms with van der Waals surface area (Å²) in [4.78, 5) is 14.6. The van der Waals surface area contributed by atoms with Crippen LogP contribution in [0.1, 0.15) is 31.7 Å². The number of sulfonamides is 1. The first kappa shape index (κ1) is 19.1. The second-order valence-electron chi connectivity index (χ2n) is 6.84. The van der Waals surface area contributed by atoms with Crippen LogP contribution in [0.4, 0.5) is 4.39 Å². The third-order valence-electron chi connectivity index (χ3n) is 4.94. The summed E-state index contributed by atoms with van der Waals surface area (Å²) >= 11 is 0. The molecule has 1 aromatic carbocycles. The maximum atomic E-state index is 14.1. The van der Waals surface area contributed by atoms with Crippen LogP contribution >= 0.6 is 0 Å². The van der Waals surface area contributed by atoms with Gasteiger partial charge in [-0.3, -0.25) is 4.79 Å². The number of amides is 1. The summed E-state index contributed by atoms with van der Waals surface area (Å²) in [5, 5.41) is 0. The molecule has 1 atom stereocenters. The number of rotatable bonds is 4. The third-order valence-corrected chi connectivity index (χ3v) is 6.99. The lowest BCUT2D eigenvalue weighted by atomic mass is 9.97. The van der Waals surface area contributed by atoms with E-state index in [4.69, 9.17) is 4.74 Å². The Kier molecular flexibility index (Phi) is 5.82. The number of piperidine rings is 1. The molecule has 0 aliphatic carbocycles. The van der Waals surface area contributed by atoms with E-state index in [2.05, 4.69) is 0 Å². The molecule has 1 aromatic rings. The zero-order valence-electron chi connectivity index (χ0n) is 15.0. The third kappa shape index (κ3) is 4.01. The summed E-state index contributed by atoms with van der Waals surface area (Å²) in [6, 6.07) is 4.64. The Morgan fingerprint density at radius 3 is 2.92 bits per heavy atom. The van der Waals surface area contributed by atoms with Crippen molar-refractivity contribution in [2.45, 2.75) is 32.7 Å². The van der Waals surface area contributed by atoms with Crippen molar-refractivity contribution in [3.05, 3.63) is 29.6 Å². The molecule has 0 spiro atoms. The minimum atomic E-state index is -3.32. The molecule has 2 aliphatic rings. The van der Waals surface area contributed by atoms with E-state index in [1.807, 2.05) is 6.92 Å². The Bertz CT molecular complexity index is 768. The van der Waals surface area contributed by atoms with E-state index in [0.29, 0.717) is 50.3 Å². The molecule has 0 aromatic heterocycles. The van der Waals surface area contributed by atoms with Crippen molar-refractivity contribution in [1.29, 1.82) is 0 Å². The van der Waals surface area contributed by atoms with Gasteiger partial charge in [0.2, 0.25) is 15.9 Å². The van der Waals surface area contributed by atoms with Crippen LogP contribution < -0.4 is 4.74 Å². The molecule has 1 amide bonds. The topological polar surface area (TPSA) is 66.9 Å². The van der Waals surface area contributed by atoms with Crippen molar-refractivity contribution >= 4 is 15.9 Å². The van der Waals surface area contributed by atoms with Crippen LogP contribution in [0.3, 0.4) is 0 Å². The van der Waals surface area contributed by atoms with E-state index < -0.39 is 15.8 Å². The number of nitrogens with zero attached hydrogens (tertiary/aromatic N) is 2. The lowest BCUT2D eigenvalue weighted by Crippen LogP contribution is -2.47. The minimum absolute atomic E-state index is 0.101. The molecule has 2 aliphatic heterocycles. The van der Waals surface area contributed by atoms with Crippen molar-refractivity contribution in [1.82, 2.24) is 9.21 Å². The van der Waals surface area contributed by atoms with Crippen LogP contribution in [0.5, 0.6) is 5.75 Å². The highest BCUT2D eigenvalue weighted by Gasteiger charge is 2.34. The molecule has 1 fully saturated rings. The van der Waals surface area contributed by atoms with E-state index >= 15 is 0 Å². The Morgan fingerprint density at radius 1 is 1.35 bits per heavy atom. The molecule has 2 heterocycles. The van der Waals surface area contributed by atoms with Gasteiger partial charge in [0, 0.05) is 18.7 Å². The van der Waals surface area contributed by atoms with Gasteiger partial charge in [-0.2, -0.15) is 0 Å². The maximum Gasteiger partial charge on any atom is 0.227 e. The number of carbonyl (C=O) groups is 1. The molecule has 1 saturated heterocycles. The highest BCUT2D eigenvalue weighted by molar-refractivity contribution is 7.89. The summed E-state index contributed by atoms with van der Waals surface area (Å²) in [5.41, 5.74) is 0.379. The van der Waals surface area contributed by atoms with Crippen molar-refractivity contribution in [3.63, 3.8) is 0 Å². The predicted molar refractivity (Wildman–Crippen MR) is 95.7 cm³/mol. The summed E-state index contributed by atoms with van der Waals surface area (Å²) in [6.45, 7) is 3.32. The number of carbonyl (C=O) groups excluding carboxylic acids is 1. The van der Waals surface area contributed by atoms with Gasteiger partial charge in [0.05, 0.1) is 24.8 Å². The van der Waals surface area contributed by atoms with Crippen molar-refractivity contribution in [2.75, 3.05) is 32.0 Å². The number of ether oxygens (including phenoxy) is 1. The maximum absolute atomic E-state index is 14.1. The molecule has 0 bridgehead atoms. The molecule has 26 heavy (non-hydrogen) atoms. The quantitative estimate of drug-likeness (QED) is 0.796. The van der Waals surface area contributed by atoms with E-state index in [9.17, 15) is 17.6 Å². The summed E-state index contributed by atoms with van der Waals surface area (Å²) in [6.07, 6.45) is 1.87. The highest BCUT2D eigenvalue weighted by atomic mass is 32.2. The normalized spacial score (nSPS) is 21.6. The van der Waals surface area contributed by atoms with Crippen LogP contribution in [0.2, 0.25) is 0 Å². The smallest absolute Gasteiger partial charge is 0.227 e. The lowest BCUT2D eigenvalue weighted by Gasteiger charge is -2.34. The molecule has 1 unspecified atom stereocenters. The largest absolute Gasteiger partial charge is 0.491 e. The van der Waals surface area contributed by atoms with Gasteiger partial charge in [0.25, 0.3) is 0 Å². The summed E-state index contributed by atoms with van der Waals surface area (Å²) in [5.74, 6) is -0.330. The van der Waals surface area contributed by atoms with Gasteiger partial charge in [0.1, 0.15) is 18.2 Å². The number of halogens is 1. The highest BCUT2D eigenvalue weighted by Crippen LogP contribution is 2.28. The summed E-state index contributed by atoms with van der Waals surface area (Å²) < 4.78 is 45.8. The first-order valence-electron chi connectivity index (χ1n) is 9.09. The summed E-state index contributed by atoms with van der Waals surface area (Å²) in [7, 11) is -3.32. The van der Waals surface area contributed by atoms with E-state index in [1.54, 1.807) is 17.0 Å². The molecular formula is C18H25FN2O4S. The monoisotopic (exact) mass is 384 g/mol. The molecule has 6 nitrogen and oxygen atoms in total. The van der Waals surface area contributed by atoms with Crippen LogP contribution in [-0.2, 0) is 21.4 Å². The average molecular weight is 384 g/mol. The van der Waals surface area contributed by atoms with Crippen molar-refractivity contribution in [3.8, 4) is 5.75 Å². The van der Waals surface area contributed by atoms with Crippen LogP contribution in [-0.4, -0.2) is 55.5 Å². The van der Waals surface area contributed by atoms with Gasteiger partial charge >= 0.3 is 0 Å². The Morgan fingerprint density at radius 2 is 2.15 bits per heavy atom. The van der Waals surface area contributed by atoms with Gasteiger partial charge in [-0.15, -0.1) is 0 Å². The molecule has 144 valence electrons. The Balaban J connectivity index is 1.73. The van der Waals surface area contributed by atoms with E-state index in [1.165, 1.54) is 10.4 Å². The fourth-order valence-corrected chi connectivity index (χ4v) is 5.18. The first-order chi connectivity index (χ1) is 12.4. The molecular weight excluding hydrogens is 359 g/mol. The zero-order chi connectivity index (χ0) is 18.7. The van der Waals surface area contributed by atoms with Gasteiger partial charge in [0.15, 0.2) is 0 Å². The van der Waals surface area contributed by atoms with Crippen molar-refractivity contribution < 1.29 is 22.3 Å². The molecule has 0 N–H and O–H groups in total. The second kappa shape index (κ2) is 7.92. The van der Waals surface area contributed by atoms with Gasteiger partial charge in [-0.25, -0.2) is 17.1 Å². The molecule has 0 saturated carbocycles. The predicted octanol–water partition coefficient (Wildman–Crippen LogP) is 2.00. The van der Waals surface area contributed by atoms with Crippen LogP contribution in [0, 0.1) is 11.7 Å². The standard InChI is InChI=1S/C18H25FN2O4S/c1-2-11-26(23,24)21-8-4-5-14(12-21)18(22)20-9-10-25-17-7-3-6-16(19)15(17)13-20/h3,6-7,14H,2,4-5,8-13H2,1H3. The fourth-order valence-electron chi connectivity index (χ4n) is 3.59. The van der Waals surface area contributed by atoms with Crippen LogP contribution in [0.15, 0.2) is 18.2 Å². The molecule has 0 radical (unpaired) electrons. The van der Waals surface area contributed by atoms with Gasteiger partial charge in [-0.05, 0) is 31.4 Å². The van der Waals surface area contributed by atoms with E-state index in [0.717, 1.165) is 0 Å². The van der Waals surface area contributed by atoms with E-state index in [-0.39, 0.29) is 30.7 Å². The number of hydrogen-bond acceptors (Lipinski definition) is 4. The zero-order valence-corrected chi connectivity index (χ0v) is 15.8. The number of fused-ring (bicyclic) bond motifs is 1. The SMILES string of the molecule is CCCS(=O)(=O)N1CCCC(C(=O)N2CCOc3cccc(F)c3C2)C1. The second-order valence-corrected chi connectivity index (χ2v) is 8.93. The minimum Gasteiger partial charge on any atom is -0.491 e. The van der Waals surface area contributed by atoms with Gasteiger partial charge < -0.3 is 9.64 Å². The first-order valence-corrected chi connectivity index (χ1v) is 10.7. The number of hydrogen-bond donors (Lipinski definition) is 0. The Hall–Kier alpha value is -1.67. The molecule has 3 rings (SSSR count). The molecule has 8 heteroatoms. The average Bonchev–Trinajstić information content (AvgIpc) is 2.85. The Labute approximate surface area is 154 Å². The lowest BCUT2D eigenvalue weighted by molar-refractivity contribution is -0.137.